The molecule has 0 heterocycles. The summed E-state index contributed by atoms with van der Waals surface area (Å²) in [5.74, 6) is -0.631. The largest absolute Gasteiger partial charge is 0.465 e. The van der Waals surface area contributed by atoms with Gasteiger partial charge in [-0.3, -0.25) is 10.1 Å². The van der Waals surface area contributed by atoms with E-state index in [9.17, 15) is 9.18 Å². The Morgan fingerprint density at radius 2 is 2.17 bits per heavy atom. The summed E-state index contributed by atoms with van der Waals surface area (Å²) >= 11 is 3.30. The highest BCUT2D eigenvalue weighted by molar-refractivity contribution is 9.10. The monoisotopic (exact) mass is 317 g/mol. The van der Waals surface area contributed by atoms with E-state index in [1.54, 1.807) is 32.9 Å². The minimum atomic E-state index is -0.474. The van der Waals surface area contributed by atoms with Gasteiger partial charge < -0.3 is 4.74 Å². The zero-order valence-corrected chi connectivity index (χ0v) is 12.3. The third-order valence-corrected chi connectivity index (χ3v) is 3.06. The molecule has 1 aromatic rings. The summed E-state index contributed by atoms with van der Waals surface area (Å²) in [6, 6.07) is 3.98. The number of rotatable bonds is 5. The van der Waals surface area contributed by atoms with E-state index < -0.39 is 6.04 Å². The summed E-state index contributed by atoms with van der Waals surface area (Å²) < 4.78 is 19.3. The van der Waals surface area contributed by atoms with Gasteiger partial charge in [0.2, 0.25) is 0 Å². The zero-order chi connectivity index (χ0) is 13.7. The van der Waals surface area contributed by atoms with E-state index in [1.807, 2.05) is 0 Å². The first-order valence-electron chi connectivity index (χ1n) is 5.83. The number of ether oxygens (including phenoxy) is 1. The Hall–Kier alpha value is -0.940. The van der Waals surface area contributed by atoms with Gasteiger partial charge in [0.05, 0.1) is 6.61 Å². The molecule has 1 rings (SSSR count). The van der Waals surface area contributed by atoms with Crippen molar-refractivity contribution < 1.29 is 13.9 Å². The molecule has 1 N–H and O–H groups in total. The molecule has 18 heavy (non-hydrogen) atoms. The van der Waals surface area contributed by atoms with Gasteiger partial charge in [0, 0.05) is 16.1 Å². The first kappa shape index (κ1) is 15.1. The molecule has 2 unspecified atom stereocenters. The van der Waals surface area contributed by atoms with Crippen LogP contribution in [0, 0.1) is 5.82 Å². The van der Waals surface area contributed by atoms with Crippen molar-refractivity contribution in [3.05, 3.63) is 34.1 Å². The highest BCUT2D eigenvalue weighted by Crippen LogP contribution is 2.21. The third kappa shape index (κ3) is 4.07. The van der Waals surface area contributed by atoms with Crippen molar-refractivity contribution in [3.8, 4) is 0 Å². The number of hydrogen-bond acceptors (Lipinski definition) is 3. The Bertz CT molecular complexity index is 425. The Balaban J connectivity index is 2.73. The molecule has 0 bridgehead atoms. The van der Waals surface area contributed by atoms with Crippen molar-refractivity contribution >= 4 is 21.9 Å². The highest BCUT2D eigenvalue weighted by atomic mass is 79.9. The van der Waals surface area contributed by atoms with Crippen LogP contribution in [0.2, 0.25) is 0 Å². The molecule has 0 aromatic heterocycles. The topological polar surface area (TPSA) is 38.3 Å². The first-order chi connectivity index (χ1) is 8.45. The molecular weight excluding hydrogens is 301 g/mol. The molecule has 0 saturated carbocycles. The zero-order valence-electron chi connectivity index (χ0n) is 10.7. The predicted octanol–water partition coefficient (Wildman–Crippen LogP) is 3.19. The average molecular weight is 318 g/mol. The van der Waals surface area contributed by atoms with Gasteiger partial charge in [0.25, 0.3) is 0 Å². The van der Waals surface area contributed by atoms with E-state index >= 15 is 0 Å². The maximum absolute atomic E-state index is 13.6. The van der Waals surface area contributed by atoms with Crippen molar-refractivity contribution in [1.29, 1.82) is 0 Å². The lowest BCUT2D eigenvalue weighted by Gasteiger charge is -2.19. The average Bonchev–Trinajstić information content (AvgIpc) is 2.32. The number of esters is 1. The molecule has 100 valence electrons. The highest BCUT2D eigenvalue weighted by Gasteiger charge is 2.19. The fourth-order valence-electron chi connectivity index (χ4n) is 1.65. The van der Waals surface area contributed by atoms with Gasteiger partial charge in [-0.1, -0.05) is 15.9 Å². The van der Waals surface area contributed by atoms with Crippen LogP contribution in [0.4, 0.5) is 4.39 Å². The van der Waals surface area contributed by atoms with Gasteiger partial charge >= 0.3 is 5.97 Å². The molecule has 0 amide bonds. The molecule has 1 aromatic carbocycles. The van der Waals surface area contributed by atoms with Crippen LogP contribution in [-0.2, 0) is 9.53 Å². The number of benzene rings is 1. The van der Waals surface area contributed by atoms with E-state index in [2.05, 4.69) is 21.2 Å². The lowest BCUT2D eigenvalue weighted by Crippen LogP contribution is -2.37. The third-order valence-electron chi connectivity index (χ3n) is 2.56. The van der Waals surface area contributed by atoms with Crippen LogP contribution >= 0.6 is 15.9 Å². The molecule has 0 aliphatic rings. The quantitative estimate of drug-likeness (QED) is 0.848. The second kappa shape index (κ2) is 6.85. The van der Waals surface area contributed by atoms with Gasteiger partial charge in [-0.2, -0.15) is 0 Å². The Morgan fingerprint density at radius 3 is 2.78 bits per heavy atom. The van der Waals surface area contributed by atoms with Gasteiger partial charge in [0.15, 0.2) is 0 Å². The number of carbonyl (C=O) groups excluding carboxylic acids is 1. The molecule has 0 fully saturated rings. The van der Waals surface area contributed by atoms with Crippen LogP contribution in [0.3, 0.4) is 0 Å². The molecule has 0 spiro atoms. The molecule has 3 nitrogen and oxygen atoms in total. The van der Waals surface area contributed by atoms with Crippen molar-refractivity contribution in [1.82, 2.24) is 5.32 Å². The normalized spacial score (nSPS) is 14.1. The van der Waals surface area contributed by atoms with Crippen LogP contribution in [0.1, 0.15) is 32.4 Å². The van der Waals surface area contributed by atoms with Crippen LogP contribution < -0.4 is 5.32 Å². The van der Waals surface area contributed by atoms with Crippen molar-refractivity contribution in [2.75, 3.05) is 6.61 Å². The first-order valence-corrected chi connectivity index (χ1v) is 6.62. The maximum atomic E-state index is 13.6. The summed E-state index contributed by atoms with van der Waals surface area (Å²) in [6.07, 6.45) is 0. The van der Waals surface area contributed by atoms with E-state index in [0.29, 0.717) is 12.2 Å². The number of nitrogens with one attached hydrogen (secondary N) is 1. The van der Waals surface area contributed by atoms with E-state index in [0.717, 1.165) is 4.47 Å². The van der Waals surface area contributed by atoms with Crippen molar-refractivity contribution in [2.45, 2.75) is 32.9 Å². The van der Waals surface area contributed by atoms with Crippen LogP contribution in [0.15, 0.2) is 22.7 Å². The van der Waals surface area contributed by atoms with E-state index in [4.69, 9.17) is 4.74 Å². The van der Waals surface area contributed by atoms with Crippen molar-refractivity contribution in [3.63, 3.8) is 0 Å². The Labute approximate surface area is 115 Å². The summed E-state index contributed by atoms with van der Waals surface area (Å²) in [4.78, 5) is 11.5. The second-order valence-electron chi connectivity index (χ2n) is 4.03. The smallest absolute Gasteiger partial charge is 0.322 e. The Morgan fingerprint density at radius 1 is 1.50 bits per heavy atom. The maximum Gasteiger partial charge on any atom is 0.322 e. The molecule has 2 atom stereocenters. The van der Waals surface area contributed by atoms with Gasteiger partial charge in [0.1, 0.15) is 11.9 Å². The lowest BCUT2D eigenvalue weighted by molar-refractivity contribution is -0.145. The molecular formula is C13H17BrFNO2. The summed E-state index contributed by atoms with van der Waals surface area (Å²) in [7, 11) is 0. The summed E-state index contributed by atoms with van der Waals surface area (Å²) in [6.45, 7) is 5.59. The standard InChI is InChI=1S/C13H17BrFNO2/c1-4-18-13(17)9(3)16-8(2)11-7-10(14)5-6-12(11)15/h5-9,16H,4H2,1-3H3. The molecule has 0 saturated heterocycles. The Kier molecular flexibility index (Phi) is 5.75. The van der Waals surface area contributed by atoms with Crippen LogP contribution in [0.25, 0.3) is 0 Å². The van der Waals surface area contributed by atoms with E-state index in [1.165, 1.54) is 6.07 Å². The SMILES string of the molecule is CCOC(=O)C(C)NC(C)c1cc(Br)ccc1F. The fraction of sp³-hybridized carbons (Fsp3) is 0.462. The van der Waals surface area contributed by atoms with E-state index in [-0.39, 0.29) is 17.8 Å². The lowest BCUT2D eigenvalue weighted by atomic mass is 10.1. The molecule has 0 aliphatic heterocycles. The predicted molar refractivity (Wildman–Crippen MR) is 71.7 cm³/mol. The van der Waals surface area contributed by atoms with Gasteiger partial charge in [-0.05, 0) is 39.0 Å². The number of carbonyl (C=O) groups is 1. The minimum Gasteiger partial charge on any atom is -0.465 e. The fourth-order valence-corrected chi connectivity index (χ4v) is 2.03. The van der Waals surface area contributed by atoms with Crippen LogP contribution in [-0.4, -0.2) is 18.6 Å². The summed E-state index contributed by atoms with van der Waals surface area (Å²) in [5, 5.41) is 3.01. The molecule has 5 heteroatoms. The number of hydrogen-bond donors (Lipinski definition) is 1. The second-order valence-corrected chi connectivity index (χ2v) is 4.94. The van der Waals surface area contributed by atoms with Crippen LogP contribution in [0.5, 0.6) is 0 Å². The van der Waals surface area contributed by atoms with Crippen molar-refractivity contribution in [2.24, 2.45) is 0 Å². The summed E-state index contributed by atoms with van der Waals surface area (Å²) in [5.41, 5.74) is 0.514. The molecule has 0 aliphatic carbocycles. The molecule has 0 radical (unpaired) electrons. The van der Waals surface area contributed by atoms with Gasteiger partial charge in [-0.25, -0.2) is 4.39 Å². The number of halogens is 2. The minimum absolute atomic E-state index is 0.276. The van der Waals surface area contributed by atoms with Gasteiger partial charge in [-0.15, -0.1) is 0 Å².